The first-order valence-electron chi connectivity index (χ1n) is 6.19. The molecule has 1 aromatic rings. The van der Waals surface area contributed by atoms with E-state index in [2.05, 4.69) is 26.2 Å². The van der Waals surface area contributed by atoms with Gasteiger partial charge in [0.1, 0.15) is 5.69 Å². The number of nitrogens with one attached hydrogen (secondary N) is 1. The van der Waals surface area contributed by atoms with Crippen LogP contribution < -0.4 is 5.32 Å². The van der Waals surface area contributed by atoms with E-state index in [1.807, 2.05) is 0 Å². The first kappa shape index (κ1) is 13.8. The molecule has 0 spiro atoms. The molecule has 0 aliphatic heterocycles. The molecule has 0 unspecified atom stereocenters. The topological polar surface area (TPSA) is 42.0 Å². The number of rotatable bonds is 3. The van der Waals surface area contributed by atoms with Crippen LogP contribution in [-0.2, 0) is 0 Å². The van der Waals surface area contributed by atoms with Gasteiger partial charge in [0.05, 0.1) is 5.02 Å². The Labute approximate surface area is 120 Å². The van der Waals surface area contributed by atoms with Crippen LogP contribution in [0.1, 0.15) is 36.2 Å². The second-order valence-electron chi connectivity index (χ2n) is 4.69. The van der Waals surface area contributed by atoms with Crippen LogP contribution in [0, 0.1) is 5.92 Å². The van der Waals surface area contributed by atoms with Crippen molar-refractivity contribution in [2.45, 2.75) is 30.5 Å². The highest BCUT2D eigenvalue weighted by Gasteiger charge is 2.19. The average molecular weight is 332 g/mol. The minimum absolute atomic E-state index is 0.118. The van der Waals surface area contributed by atoms with Crippen molar-refractivity contribution in [2.24, 2.45) is 5.92 Å². The van der Waals surface area contributed by atoms with E-state index in [1.54, 1.807) is 12.1 Å². The van der Waals surface area contributed by atoms with E-state index >= 15 is 0 Å². The summed E-state index contributed by atoms with van der Waals surface area (Å²) in [5.41, 5.74) is 0.425. The molecule has 0 radical (unpaired) electrons. The van der Waals surface area contributed by atoms with Crippen molar-refractivity contribution in [3.8, 4) is 0 Å². The number of nitrogens with zero attached hydrogens (tertiary/aromatic N) is 1. The number of halogens is 2. The van der Waals surface area contributed by atoms with Crippen LogP contribution >= 0.6 is 27.5 Å². The van der Waals surface area contributed by atoms with E-state index in [0.29, 0.717) is 21.5 Å². The number of hydrogen-bond acceptors (Lipinski definition) is 2. The second kappa shape index (κ2) is 6.53. The fourth-order valence-electron chi connectivity index (χ4n) is 2.16. The van der Waals surface area contributed by atoms with Crippen molar-refractivity contribution in [3.63, 3.8) is 0 Å². The highest BCUT2D eigenvalue weighted by Crippen LogP contribution is 2.28. The van der Waals surface area contributed by atoms with Crippen LogP contribution in [0.2, 0.25) is 5.02 Å². The number of aromatic nitrogens is 1. The maximum absolute atomic E-state index is 11.8. The summed E-state index contributed by atoms with van der Waals surface area (Å²) >= 11 is 9.36. The van der Waals surface area contributed by atoms with Crippen molar-refractivity contribution in [3.05, 3.63) is 29.0 Å². The van der Waals surface area contributed by atoms with Crippen LogP contribution in [0.25, 0.3) is 0 Å². The zero-order chi connectivity index (χ0) is 13.0. The van der Waals surface area contributed by atoms with Crippen molar-refractivity contribution >= 4 is 33.4 Å². The third-order valence-corrected chi connectivity index (χ3v) is 4.43. The van der Waals surface area contributed by atoms with Crippen molar-refractivity contribution in [2.75, 3.05) is 6.54 Å². The molecule has 1 aliphatic carbocycles. The highest BCUT2D eigenvalue weighted by atomic mass is 79.9. The summed E-state index contributed by atoms with van der Waals surface area (Å²) in [6.07, 6.45) is 6.22. The van der Waals surface area contributed by atoms with Gasteiger partial charge in [0.15, 0.2) is 0 Å². The van der Waals surface area contributed by atoms with Crippen LogP contribution in [0.3, 0.4) is 0 Å². The molecule has 5 heteroatoms. The molecule has 1 N–H and O–H groups in total. The molecule has 98 valence electrons. The molecule has 1 amide bonds. The van der Waals surface area contributed by atoms with E-state index in [9.17, 15) is 4.79 Å². The monoisotopic (exact) mass is 330 g/mol. The van der Waals surface area contributed by atoms with Gasteiger partial charge in [-0.2, -0.15) is 0 Å². The third kappa shape index (κ3) is 3.95. The summed E-state index contributed by atoms with van der Waals surface area (Å²) in [7, 11) is 0. The zero-order valence-corrected chi connectivity index (χ0v) is 12.4. The molecular formula is C13H16BrClN2O. The van der Waals surface area contributed by atoms with E-state index in [4.69, 9.17) is 11.6 Å². The molecule has 0 bridgehead atoms. The van der Waals surface area contributed by atoms with Crippen molar-refractivity contribution in [1.82, 2.24) is 10.3 Å². The Hall–Kier alpha value is -0.610. The average Bonchev–Trinajstić information content (AvgIpc) is 2.38. The highest BCUT2D eigenvalue weighted by molar-refractivity contribution is 9.09. The quantitative estimate of drug-likeness (QED) is 0.862. The molecule has 0 atom stereocenters. The molecular weight excluding hydrogens is 316 g/mol. The first-order chi connectivity index (χ1) is 8.65. The summed E-state index contributed by atoms with van der Waals surface area (Å²) in [4.78, 5) is 16.5. The Morgan fingerprint density at radius 1 is 1.39 bits per heavy atom. The lowest BCUT2D eigenvalue weighted by atomic mass is 9.89. The Kier molecular flexibility index (Phi) is 5.01. The molecule has 1 fully saturated rings. The normalized spacial score (nSPS) is 23.7. The lowest BCUT2D eigenvalue weighted by Gasteiger charge is -2.25. The lowest BCUT2D eigenvalue weighted by Crippen LogP contribution is -2.31. The van der Waals surface area contributed by atoms with E-state index in [-0.39, 0.29) is 5.91 Å². The molecule has 1 heterocycles. The number of pyridine rings is 1. The smallest absolute Gasteiger partial charge is 0.269 e. The zero-order valence-electron chi connectivity index (χ0n) is 10.0. The Balaban J connectivity index is 1.79. The first-order valence-corrected chi connectivity index (χ1v) is 7.48. The van der Waals surface area contributed by atoms with E-state index in [0.717, 1.165) is 6.54 Å². The predicted molar refractivity (Wildman–Crippen MR) is 76.3 cm³/mol. The number of hydrogen-bond donors (Lipinski definition) is 1. The van der Waals surface area contributed by atoms with Crippen molar-refractivity contribution < 1.29 is 4.79 Å². The largest absolute Gasteiger partial charge is 0.350 e. The standard InChI is InChI=1S/C13H16BrClN2O/c14-10-3-1-9(2-4-10)7-17-13(18)12-6-5-11(15)8-16-12/h5-6,8-10H,1-4,7H2,(H,17,18). The SMILES string of the molecule is O=C(NCC1CCC(Br)CC1)c1ccc(Cl)cn1. The van der Waals surface area contributed by atoms with Gasteiger partial charge in [0, 0.05) is 17.6 Å². The van der Waals surface area contributed by atoms with Gasteiger partial charge >= 0.3 is 0 Å². The second-order valence-corrected chi connectivity index (χ2v) is 6.42. The van der Waals surface area contributed by atoms with Gasteiger partial charge < -0.3 is 5.32 Å². The molecule has 0 saturated heterocycles. The van der Waals surface area contributed by atoms with Gasteiger partial charge in [-0.25, -0.2) is 4.98 Å². The fraction of sp³-hybridized carbons (Fsp3) is 0.538. The van der Waals surface area contributed by atoms with Gasteiger partial charge in [-0.3, -0.25) is 4.79 Å². The minimum atomic E-state index is -0.118. The van der Waals surface area contributed by atoms with Gasteiger partial charge in [-0.15, -0.1) is 0 Å². The molecule has 3 nitrogen and oxygen atoms in total. The maximum Gasteiger partial charge on any atom is 0.269 e. The minimum Gasteiger partial charge on any atom is -0.350 e. The Morgan fingerprint density at radius 2 is 2.11 bits per heavy atom. The van der Waals surface area contributed by atoms with Gasteiger partial charge in [0.25, 0.3) is 5.91 Å². The van der Waals surface area contributed by atoms with Crippen LogP contribution in [-0.4, -0.2) is 22.3 Å². The Bertz CT molecular complexity index is 402. The molecule has 2 rings (SSSR count). The van der Waals surface area contributed by atoms with E-state index in [1.165, 1.54) is 31.9 Å². The maximum atomic E-state index is 11.8. The molecule has 1 aromatic heterocycles. The van der Waals surface area contributed by atoms with Crippen LogP contribution in [0.4, 0.5) is 0 Å². The van der Waals surface area contributed by atoms with Gasteiger partial charge in [-0.05, 0) is 43.7 Å². The number of carbonyl (C=O) groups is 1. The summed E-state index contributed by atoms with van der Waals surface area (Å²) in [5.74, 6) is 0.475. The fourth-order valence-corrected chi connectivity index (χ4v) is 2.80. The van der Waals surface area contributed by atoms with E-state index < -0.39 is 0 Å². The molecule has 1 saturated carbocycles. The number of amides is 1. The third-order valence-electron chi connectivity index (χ3n) is 3.29. The lowest BCUT2D eigenvalue weighted by molar-refractivity contribution is 0.0939. The summed E-state index contributed by atoms with van der Waals surface area (Å²) < 4.78 is 0. The number of carbonyl (C=O) groups excluding carboxylic acids is 1. The molecule has 1 aliphatic rings. The summed E-state index contributed by atoms with van der Waals surface area (Å²) in [6, 6.07) is 3.33. The van der Waals surface area contributed by atoms with Crippen molar-refractivity contribution in [1.29, 1.82) is 0 Å². The van der Waals surface area contributed by atoms with Gasteiger partial charge in [0.2, 0.25) is 0 Å². The Morgan fingerprint density at radius 3 is 2.72 bits per heavy atom. The number of alkyl halides is 1. The predicted octanol–water partition coefficient (Wildman–Crippen LogP) is 3.42. The molecule has 0 aromatic carbocycles. The van der Waals surface area contributed by atoms with Crippen LogP contribution in [0.5, 0.6) is 0 Å². The molecule has 18 heavy (non-hydrogen) atoms. The summed E-state index contributed by atoms with van der Waals surface area (Å²) in [6.45, 7) is 0.739. The van der Waals surface area contributed by atoms with Gasteiger partial charge in [-0.1, -0.05) is 27.5 Å². The van der Waals surface area contributed by atoms with Crippen LogP contribution in [0.15, 0.2) is 18.3 Å². The summed E-state index contributed by atoms with van der Waals surface area (Å²) in [5, 5.41) is 3.49.